The second-order valence-electron chi connectivity index (χ2n) is 3.97. The molecule has 2 heterocycles. The van der Waals surface area contributed by atoms with Gasteiger partial charge in [-0.1, -0.05) is 11.6 Å². The van der Waals surface area contributed by atoms with E-state index in [2.05, 4.69) is 10.3 Å². The van der Waals surface area contributed by atoms with Crippen molar-refractivity contribution in [2.75, 3.05) is 19.6 Å². The number of amides is 1. The van der Waals surface area contributed by atoms with Gasteiger partial charge in [0.2, 0.25) is 0 Å². The molecule has 4 nitrogen and oxygen atoms in total. The molecule has 1 aliphatic rings. The lowest BCUT2D eigenvalue weighted by atomic mass is 10.2. The number of carbonyl (C=O) groups is 1. The molecule has 1 atom stereocenters. The number of halogens is 1. The third kappa shape index (κ3) is 2.23. The zero-order valence-electron chi connectivity index (χ0n) is 9.29. The minimum atomic E-state index is 0.0306. The van der Waals surface area contributed by atoms with E-state index in [-0.39, 0.29) is 5.91 Å². The summed E-state index contributed by atoms with van der Waals surface area (Å²) in [4.78, 5) is 17.0. The molecule has 5 heteroatoms. The van der Waals surface area contributed by atoms with Gasteiger partial charge in [0, 0.05) is 25.3 Å². The molecule has 16 heavy (non-hydrogen) atoms. The Morgan fingerprint density at radius 1 is 1.69 bits per heavy atom. The van der Waals surface area contributed by atoms with Crippen LogP contribution in [0.15, 0.2) is 12.3 Å². The molecule has 0 saturated carbocycles. The largest absolute Gasteiger partial charge is 0.356 e. The van der Waals surface area contributed by atoms with Crippen LogP contribution >= 0.6 is 11.6 Å². The summed E-state index contributed by atoms with van der Waals surface area (Å²) < 4.78 is 0. The summed E-state index contributed by atoms with van der Waals surface area (Å²) in [6.45, 7) is 4.59. The van der Waals surface area contributed by atoms with Crippen molar-refractivity contribution in [1.29, 1.82) is 0 Å². The van der Waals surface area contributed by atoms with Crippen molar-refractivity contribution in [3.8, 4) is 0 Å². The van der Waals surface area contributed by atoms with Crippen molar-refractivity contribution in [2.24, 2.45) is 0 Å². The second kappa shape index (κ2) is 4.89. The molecule has 2 rings (SSSR count). The molecule has 88 valence electrons. The molecule has 1 fully saturated rings. The van der Waals surface area contributed by atoms with Gasteiger partial charge in [-0.3, -0.25) is 4.79 Å². The van der Waals surface area contributed by atoms with Crippen LogP contribution in [0.1, 0.15) is 23.8 Å². The van der Waals surface area contributed by atoms with E-state index in [1.807, 2.05) is 11.8 Å². The quantitative estimate of drug-likeness (QED) is 0.843. The molecule has 0 bridgehead atoms. The van der Waals surface area contributed by atoms with Gasteiger partial charge >= 0.3 is 0 Å². The third-order valence-corrected chi connectivity index (χ3v) is 3.17. The summed E-state index contributed by atoms with van der Waals surface area (Å²) in [6, 6.07) is 1.98. The van der Waals surface area contributed by atoms with Gasteiger partial charge in [0.25, 0.3) is 5.91 Å². The standard InChI is InChI=1S/C11H16ClN3O/c1-2-15(9-3-4-13-7-9)11(16)10-5-8(12)6-14-10/h5-6,9,13-14H,2-4,7H2,1H3. The lowest BCUT2D eigenvalue weighted by Gasteiger charge is -2.26. The molecule has 1 unspecified atom stereocenters. The highest BCUT2D eigenvalue weighted by Crippen LogP contribution is 2.15. The maximum absolute atomic E-state index is 12.2. The van der Waals surface area contributed by atoms with E-state index >= 15 is 0 Å². The first kappa shape index (κ1) is 11.5. The van der Waals surface area contributed by atoms with Crippen LogP contribution in [0.25, 0.3) is 0 Å². The number of carbonyl (C=O) groups excluding carboxylic acids is 1. The van der Waals surface area contributed by atoms with Gasteiger partial charge in [-0.15, -0.1) is 0 Å². The number of likely N-dealkylation sites (N-methyl/N-ethyl adjacent to an activating group) is 1. The minimum absolute atomic E-state index is 0.0306. The van der Waals surface area contributed by atoms with Crippen LogP contribution < -0.4 is 5.32 Å². The Morgan fingerprint density at radius 3 is 3.00 bits per heavy atom. The summed E-state index contributed by atoms with van der Waals surface area (Å²) in [5, 5.41) is 3.84. The van der Waals surface area contributed by atoms with Crippen LogP contribution in [-0.2, 0) is 0 Å². The Bertz CT molecular complexity index is 371. The van der Waals surface area contributed by atoms with Crippen molar-refractivity contribution in [2.45, 2.75) is 19.4 Å². The van der Waals surface area contributed by atoms with E-state index < -0.39 is 0 Å². The molecule has 0 radical (unpaired) electrons. The van der Waals surface area contributed by atoms with Crippen molar-refractivity contribution in [3.05, 3.63) is 23.0 Å². The fraction of sp³-hybridized carbons (Fsp3) is 0.545. The number of aromatic amines is 1. The maximum atomic E-state index is 12.2. The smallest absolute Gasteiger partial charge is 0.270 e. The molecule has 2 N–H and O–H groups in total. The molecule has 1 saturated heterocycles. The Balaban J connectivity index is 2.11. The van der Waals surface area contributed by atoms with Crippen LogP contribution in [0.4, 0.5) is 0 Å². The van der Waals surface area contributed by atoms with Crippen LogP contribution in [0.5, 0.6) is 0 Å². The molecule has 1 amide bonds. The fourth-order valence-corrected chi connectivity index (χ4v) is 2.28. The van der Waals surface area contributed by atoms with Crippen molar-refractivity contribution in [1.82, 2.24) is 15.2 Å². The second-order valence-corrected chi connectivity index (χ2v) is 4.41. The highest BCUT2D eigenvalue weighted by atomic mass is 35.5. The van der Waals surface area contributed by atoms with Gasteiger partial charge < -0.3 is 15.2 Å². The van der Waals surface area contributed by atoms with Crippen molar-refractivity contribution < 1.29 is 4.79 Å². The number of aromatic nitrogens is 1. The van der Waals surface area contributed by atoms with Crippen LogP contribution in [0.3, 0.4) is 0 Å². The Hall–Kier alpha value is -1.00. The number of hydrogen-bond donors (Lipinski definition) is 2. The molecular weight excluding hydrogens is 226 g/mol. The van der Waals surface area contributed by atoms with E-state index in [1.54, 1.807) is 12.3 Å². The van der Waals surface area contributed by atoms with E-state index in [1.165, 1.54) is 0 Å². The predicted octanol–water partition coefficient (Wildman–Crippen LogP) is 1.49. The van der Waals surface area contributed by atoms with Crippen molar-refractivity contribution in [3.63, 3.8) is 0 Å². The molecule has 0 spiro atoms. The van der Waals surface area contributed by atoms with E-state index in [4.69, 9.17) is 11.6 Å². The number of H-pyrrole nitrogens is 1. The SMILES string of the molecule is CCN(C(=O)c1cc(Cl)c[nH]1)C1CCNC1. The number of nitrogens with one attached hydrogen (secondary N) is 2. The Labute approximate surface area is 100.0 Å². The van der Waals surface area contributed by atoms with Gasteiger partial charge in [0.15, 0.2) is 0 Å². The summed E-state index contributed by atoms with van der Waals surface area (Å²) in [5.41, 5.74) is 0.568. The van der Waals surface area contributed by atoms with Gasteiger partial charge in [0.1, 0.15) is 5.69 Å². The molecule has 1 aliphatic heterocycles. The zero-order chi connectivity index (χ0) is 11.5. The first-order chi connectivity index (χ1) is 7.72. The predicted molar refractivity (Wildman–Crippen MR) is 63.8 cm³/mol. The number of hydrogen-bond acceptors (Lipinski definition) is 2. The molecule has 0 aliphatic carbocycles. The first-order valence-corrected chi connectivity index (χ1v) is 5.95. The minimum Gasteiger partial charge on any atom is -0.356 e. The van der Waals surface area contributed by atoms with Gasteiger partial charge in [-0.25, -0.2) is 0 Å². The highest BCUT2D eigenvalue weighted by Gasteiger charge is 2.26. The topological polar surface area (TPSA) is 48.1 Å². The average Bonchev–Trinajstić information content (AvgIpc) is 2.90. The van der Waals surface area contributed by atoms with Gasteiger partial charge in [-0.2, -0.15) is 0 Å². The molecular formula is C11H16ClN3O. The monoisotopic (exact) mass is 241 g/mol. The van der Waals surface area contributed by atoms with Gasteiger partial charge in [0.05, 0.1) is 5.02 Å². The van der Waals surface area contributed by atoms with Gasteiger partial charge in [-0.05, 0) is 26.0 Å². The lowest BCUT2D eigenvalue weighted by Crippen LogP contribution is -2.41. The molecule has 1 aromatic heterocycles. The maximum Gasteiger partial charge on any atom is 0.270 e. The van der Waals surface area contributed by atoms with Crippen LogP contribution in [-0.4, -0.2) is 41.5 Å². The normalized spacial score (nSPS) is 20.0. The Morgan fingerprint density at radius 2 is 2.50 bits per heavy atom. The summed E-state index contributed by atoms with van der Waals surface area (Å²) >= 11 is 5.80. The highest BCUT2D eigenvalue weighted by molar-refractivity contribution is 6.30. The summed E-state index contributed by atoms with van der Waals surface area (Å²) in [6.07, 6.45) is 2.66. The summed E-state index contributed by atoms with van der Waals surface area (Å²) in [7, 11) is 0. The fourth-order valence-electron chi connectivity index (χ4n) is 2.12. The molecule has 1 aromatic rings. The van der Waals surface area contributed by atoms with E-state index in [0.717, 1.165) is 26.1 Å². The van der Waals surface area contributed by atoms with Crippen LogP contribution in [0.2, 0.25) is 5.02 Å². The van der Waals surface area contributed by atoms with Crippen molar-refractivity contribution >= 4 is 17.5 Å². The molecule has 0 aromatic carbocycles. The number of rotatable bonds is 3. The number of nitrogens with zero attached hydrogens (tertiary/aromatic N) is 1. The lowest BCUT2D eigenvalue weighted by molar-refractivity contribution is 0.0698. The third-order valence-electron chi connectivity index (χ3n) is 2.95. The Kier molecular flexibility index (Phi) is 3.51. The average molecular weight is 242 g/mol. The van der Waals surface area contributed by atoms with E-state index in [9.17, 15) is 4.79 Å². The zero-order valence-corrected chi connectivity index (χ0v) is 10.0. The summed E-state index contributed by atoms with van der Waals surface area (Å²) in [5.74, 6) is 0.0306. The van der Waals surface area contributed by atoms with Crippen LogP contribution in [0, 0.1) is 0 Å². The first-order valence-electron chi connectivity index (χ1n) is 5.58. The van der Waals surface area contributed by atoms with E-state index in [0.29, 0.717) is 16.8 Å².